The molecule has 1 aliphatic carbocycles. The van der Waals surface area contributed by atoms with Crippen LogP contribution in [-0.2, 0) is 16.1 Å². The summed E-state index contributed by atoms with van der Waals surface area (Å²) in [6.45, 7) is 5.87. The summed E-state index contributed by atoms with van der Waals surface area (Å²) in [5.74, 6) is -1.21. The fourth-order valence-electron chi connectivity index (χ4n) is 4.47. The molecule has 1 aliphatic heterocycles. The predicted molar refractivity (Wildman–Crippen MR) is 115 cm³/mol. The highest BCUT2D eigenvalue weighted by molar-refractivity contribution is 6.12. The first-order chi connectivity index (χ1) is 14.7. The van der Waals surface area contributed by atoms with Crippen LogP contribution in [0.3, 0.4) is 0 Å². The molecule has 0 bridgehead atoms. The summed E-state index contributed by atoms with van der Waals surface area (Å²) in [4.78, 5) is 40.7. The summed E-state index contributed by atoms with van der Waals surface area (Å²) in [7, 11) is 1.27. The first-order valence-electron chi connectivity index (χ1n) is 10.6. The zero-order valence-electron chi connectivity index (χ0n) is 18.4. The molecule has 0 radical (unpaired) electrons. The van der Waals surface area contributed by atoms with Crippen molar-refractivity contribution >= 4 is 23.5 Å². The maximum absolute atomic E-state index is 13.6. The normalized spacial score (nSPS) is 21.2. The molecule has 1 N–H and O–H groups in total. The Morgan fingerprint density at radius 2 is 1.87 bits per heavy atom. The van der Waals surface area contributed by atoms with Gasteiger partial charge in [0.1, 0.15) is 11.2 Å². The summed E-state index contributed by atoms with van der Waals surface area (Å²) in [5, 5.41) is 7.40. The van der Waals surface area contributed by atoms with Gasteiger partial charge in [-0.3, -0.25) is 19.2 Å². The number of fused-ring (bicyclic) bond motifs is 1. The van der Waals surface area contributed by atoms with E-state index in [-0.39, 0.29) is 35.8 Å². The molecule has 0 saturated heterocycles. The molecule has 1 aromatic carbocycles. The fourth-order valence-corrected chi connectivity index (χ4v) is 4.47. The van der Waals surface area contributed by atoms with Gasteiger partial charge in [0.05, 0.1) is 13.7 Å². The van der Waals surface area contributed by atoms with Gasteiger partial charge < -0.3 is 10.1 Å². The molecule has 31 heavy (non-hydrogen) atoms. The van der Waals surface area contributed by atoms with Crippen LogP contribution < -0.4 is 10.2 Å². The first kappa shape index (κ1) is 21.1. The zero-order chi connectivity index (χ0) is 22.3. The average molecular weight is 425 g/mol. The second-order valence-corrected chi connectivity index (χ2v) is 8.70. The number of nitrogens with zero attached hydrogens (tertiary/aromatic N) is 3. The van der Waals surface area contributed by atoms with Gasteiger partial charge in [-0.05, 0) is 56.9 Å². The quantitative estimate of drug-likeness (QED) is 0.762. The lowest BCUT2D eigenvalue weighted by Crippen LogP contribution is -2.65. The average Bonchev–Trinajstić information content (AvgIpc) is 3.40. The van der Waals surface area contributed by atoms with Crippen molar-refractivity contribution in [3.05, 3.63) is 46.8 Å². The zero-order valence-corrected chi connectivity index (χ0v) is 18.4. The van der Waals surface area contributed by atoms with Crippen LogP contribution >= 0.6 is 0 Å². The fraction of sp³-hybridized carbons (Fsp3) is 0.478. The van der Waals surface area contributed by atoms with E-state index < -0.39 is 11.5 Å². The van der Waals surface area contributed by atoms with E-state index in [1.54, 1.807) is 11.8 Å². The molecule has 1 aromatic heterocycles. The summed E-state index contributed by atoms with van der Waals surface area (Å²) in [6, 6.07) is 7.26. The molecule has 2 aliphatic rings. The van der Waals surface area contributed by atoms with Crippen LogP contribution in [0.5, 0.6) is 0 Å². The van der Waals surface area contributed by atoms with Crippen molar-refractivity contribution < 1.29 is 19.1 Å². The highest BCUT2D eigenvalue weighted by Crippen LogP contribution is 2.34. The van der Waals surface area contributed by atoms with Gasteiger partial charge in [-0.15, -0.1) is 0 Å². The number of rotatable bonds is 4. The number of carbonyl (C=O) groups is 3. The maximum Gasteiger partial charge on any atom is 0.358 e. The number of ether oxygens (including phenoxy) is 1. The van der Waals surface area contributed by atoms with Crippen molar-refractivity contribution in [2.24, 2.45) is 0 Å². The van der Waals surface area contributed by atoms with Crippen molar-refractivity contribution in [2.75, 3.05) is 12.0 Å². The van der Waals surface area contributed by atoms with Gasteiger partial charge >= 0.3 is 5.97 Å². The number of nitrogens with one attached hydrogen (secondary N) is 1. The molecule has 1 saturated carbocycles. The standard InChI is InChI=1S/C23H28N4O4/c1-14-9-10-17(11-15(14)2)27-20(28)19-12-18(21(29)31-4)25-26(19)13-23(27,3)22(30)24-16-7-5-6-8-16/h9-12,16H,5-8,13H2,1-4H3,(H,24,30)/t23-/m0/s1. The minimum Gasteiger partial charge on any atom is -0.464 e. The number of hydrogen-bond donors (Lipinski definition) is 1. The van der Waals surface area contributed by atoms with Crippen LogP contribution in [0.25, 0.3) is 0 Å². The Kier molecular flexibility index (Phi) is 5.33. The lowest BCUT2D eigenvalue weighted by Gasteiger charge is -2.43. The molecule has 0 spiro atoms. The largest absolute Gasteiger partial charge is 0.464 e. The van der Waals surface area contributed by atoms with Crippen LogP contribution in [0.2, 0.25) is 0 Å². The number of amides is 2. The monoisotopic (exact) mass is 424 g/mol. The van der Waals surface area contributed by atoms with E-state index in [1.807, 2.05) is 32.0 Å². The Morgan fingerprint density at radius 3 is 2.52 bits per heavy atom. The van der Waals surface area contributed by atoms with Gasteiger partial charge in [-0.1, -0.05) is 18.9 Å². The van der Waals surface area contributed by atoms with E-state index in [2.05, 4.69) is 10.4 Å². The predicted octanol–water partition coefficient (Wildman–Crippen LogP) is 2.76. The SMILES string of the molecule is COC(=O)c1cc2n(n1)C[C@@](C)(C(=O)NC1CCCC1)N(c1ccc(C)c(C)c1)C2=O. The van der Waals surface area contributed by atoms with E-state index in [0.29, 0.717) is 5.69 Å². The number of methoxy groups -OCH3 is 1. The highest BCUT2D eigenvalue weighted by Gasteiger charge is 2.49. The Bertz CT molecular complexity index is 1050. The van der Waals surface area contributed by atoms with Gasteiger partial charge in [0.25, 0.3) is 5.91 Å². The number of aromatic nitrogens is 2. The molecule has 0 unspecified atom stereocenters. The third-order valence-electron chi connectivity index (χ3n) is 6.48. The second-order valence-electron chi connectivity index (χ2n) is 8.70. The van der Waals surface area contributed by atoms with Crippen molar-refractivity contribution in [1.29, 1.82) is 0 Å². The number of benzene rings is 1. The Balaban J connectivity index is 1.79. The van der Waals surface area contributed by atoms with Gasteiger partial charge in [0.15, 0.2) is 5.69 Å². The summed E-state index contributed by atoms with van der Waals surface area (Å²) < 4.78 is 6.20. The minimum atomic E-state index is -1.20. The van der Waals surface area contributed by atoms with E-state index in [1.165, 1.54) is 17.9 Å². The Labute approximate surface area is 181 Å². The lowest BCUT2D eigenvalue weighted by molar-refractivity contribution is -0.127. The smallest absolute Gasteiger partial charge is 0.358 e. The molecule has 2 heterocycles. The van der Waals surface area contributed by atoms with E-state index in [0.717, 1.165) is 36.8 Å². The molecule has 8 nitrogen and oxygen atoms in total. The lowest BCUT2D eigenvalue weighted by atomic mass is 9.93. The maximum atomic E-state index is 13.6. The van der Waals surface area contributed by atoms with Crippen molar-refractivity contribution in [3.8, 4) is 0 Å². The van der Waals surface area contributed by atoms with Gasteiger partial charge in [-0.2, -0.15) is 5.10 Å². The van der Waals surface area contributed by atoms with Crippen LogP contribution in [-0.4, -0.2) is 46.3 Å². The van der Waals surface area contributed by atoms with E-state index in [4.69, 9.17) is 4.74 Å². The molecular weight excluding hydrogens is 396 g/mol. The number of hydrogen-bond acceptors (Lipinski definition) is 5. The van der Waals surface area contributed by atoms with Crippen molar-refractivity contribution in [2.45, 2.75) is 64.6 Å². The van der Waals surface area contributed by atoms with Gasteiger partial charge in [-0.25, -0.2) is 4.79 Å². The molecular formula is C23H28N4O4. The molecule has 8 heteroatoms. The Hall–Kier alpha value is -3.16. The highest BCUT2D eigenvalue weighted by atomic mass is 16.5. The van der Waals surface area contributed by atoms with E-state index in [9.17, 15) is 14.4 Å². The van der Waals surface area contributed by atoms with Gasteiger partial charge in [0, 0.05) is 17.8 Å². The number of esters is 1. The number of aryl methyl sites for hydroxylation is 2. The van der Waals surface area contributed by atoms with E-state index >= 15 is 0 Å². The molecule has 1 atom stereocenters. The van der Waals surface area contributed by atoms with Gasteiger partial charge in [0.2, 0.25) is 5.91 Å². The summed E-state index contributed by atoms with van der Waals surface area (Å²) in [6.07, 6.45) is 4.07. The third kappa shape index (κ3) is 3.60. The molecule has 2 amide bonds. The van der Waals surface area contributed by atoms with Crippen LogP contribution in [0.15, 0.2) is 24.3 Å². The third-order valence-corrected chi connectivity index (χ3v) is 6.48. The molecule has 1 fully saturated rings. The number of anilines is 1. The Morgan fingerprint density at radius 1 is 1.16 bits per heavy atom. The first-order valence-corrected chi connectivity index (χ1v) is 10.6. The summed E-state index contributed by atoms with van der Waals surface area (Å²) >= 11 is 0. The topological polar surface area (TPSA) is 93.5 Å². The second kappa shape index (κ2) is 7.83. The van der Waals surface area contributed by atoms with Crippen LogP contribution in [0, 0.1) is 13.8 Å². The van der Waals surface area contributed by atoms with Crippen molar-refractivity contribution in [3.63, 3.8) is 0 Å². The molecule has 4 rings (SSSR count). The molecule has 2 aromatic rings. The van der Waals surface area contributed by atoms with Crippen LogP contribution in [0.1, 0.15) is 64.7 Å². The number of carbonyl (C=O) groups excluding carboxylic acids is 3. The van der Waals surface area contributed by atoms with Crippen LogP contribution in [0.4, 0.5) is 5.69 Å². The summed E-state index contributed by atoms with van der Waals surface area (Å²) in [5.41, 5.74) is 1.87. The van der Waals surface area contributed by atoms with Crippen molar-refractivity contribution in [1.82, 2.24) is 15.1 Å². The molecule has 164 valence electrons. The minimum absolute atomic E-state index is 0.0475.